The maximum atomic E-state index is 3.48. The van der Waals surface area contributed by atoms with Crippen molar-refractivity contribution in [2.24, 2.45) is 5.92 Å². The summed E-state index contributed by atoms with van der Waals surface area (Å²) in [6, 6.07) is 2.24. The molecule has 0 aliphatic carbocycles. The first-order valence-corrected chi connectivity index (χ1v) is 6.48. The largest absolute Gasteiger partial charge is 0.316 e. The Hall–Kier alpha value is -0.340. The number of rotatable bonds is 3. The molecule has 1 atom stereocenters. The third-order valence-corrected chi connectivity index (χ3v) is 4.23. The molecular weight excluding hydrogens is 190 g/mol. The Balaban J connectivity index is 1.79. The van der Waals surface area contributed by atoms with Crippen LogP contribution in [-0.4, -0.2) is 13.1 Å². The quantitative estimate of drug-likeness (QED) is 0.807. The summed E-state index contributed by atoms with van der Waals surface area (Å²) in [6.45, 7) is 4.70. The minimum atomic E-state index is 0.922. The van der Waals surface area contributed by atoms with Crippen LogP contribution in [0.15, 0.2) is 11.4 Å². The van der Waals surface area contributed by atoms with Crippen LogP contribution in [0.4, 0.5) is 0 Å². The van der Waals surface area contributed by atoms with Gasteiger partial charge < -0.3 is 5.32 Å². The highest BCUT2D eigenvalue weighted by Crippen LogP contribution is 2.22. The highest BCUT2D eigenvalue weighted by atomic mass is 32.1. The van der Waals surface area contributed by atoms with Crippen LogP contribution in [0.25, 0.3) is 0 Å². The number of piperidine rings is 1. The molecule has 0 aromatic carbocycles. The van der Waals surface area contributed by atoms with Gasteiger partial charge in [-0.25, -0.2) is 0 Å². The molecule has 1 aromatic heterocycles. The highest BCUT2D eigenvalue weighted by molar-refractivity contribution is 7.10. The summed E-state index contributed by atoms with van der Waals surface area (Å²) in [5, 5.41) is 5.70. The minimum Gasteiger partial charge on any atom is -0.316 e. The van der Waals surface area contributed by atoms with Crippen molar-refractivity contribution in [1.82, 2.24) is 5.32 Å². The van der Waals surface area contributed by atoms with Crippen LogP contribution in [0.5, 0.6) is 0 Å². The van der Waals surface area contributed by atoms with Crippen LogP contribution in [0, 0.1) is 12.8 Å². The van der Waals surface area contributed by atoms with Gasteiger partial charge in [0.05, 0.1) is 0 Å². The van der Waals surface area contributed by atoms with Crippen molar-refractivity contribution < 1.29 is 0 Å². The third-order valence-electron chi connectivity index (χ3n) is 3.15. The van der Waals surface area contributed by atoms with E-state index in [1.165, 1.54) is 44.3 Å². The third kappa shape index (κ3) is 2.58. The second kappa shape index (κ2) is 4.94. The average Bonchev–Trinajstić information content (AvgIpc) is 2.63. The van der Waals surface area contributed by atoms with Crippen LogP contribution < -0.4 is 5.32 Å². The average molecular weight is 209 g/mol. The molecule has 1 aliphatic heterocycles. The zero-order valence-corrected chi connectivity index (χ0v) is 9.70. The molecule has 1 N–H and O–H groups in total. The zero-order valence-electron chi connectivity index (χ0n) is 8.88. The van der Waals surface area contributed by atoms with Crippen molar-refractivity contribution in [2.45, 2.75) is 32.6 Å². The van der Waals surface area contributed by atoms with E-state index in [9.17, 15) is 0 Å². The summed E-state index contributed by atoms with van der Waals surface area (Å²) in [6.07, 6.45) is 5.45. The Morgan fingerprint density at radius 2 is 2.50 bits per heavy atom. The smallest absolute Gasteiger partial charge is 0.00745 e. The fourth-order valence-corrected chi connectivity index (χ4v) is 3.09. The number of thiophene rings is 1. The van der Waals surface area contributed by atoms with Gasteiger partial charge in [-0.2, -0.15) is 0 Å². The Kier molecular flexibility index (Phi) is 3.60. The van der Waals surface area contributed by atoms with Crippen LogP contribution in [-0.2, 0) is 6.42 Å². The summed E-state index contributed by atoms with van der Waals surface area (Å²) in [4.78, 5) is 1.59. The summed E-state index contributed by atoms with van der Waals surface area (Å²) in [5.41, 5.74) is 1.48. The second-order valence-electron chi connectivity index (χ2n) is 4.28. The van der Waals surface area contributed by atoms with E-state index in [2.05, 4.69) is 23.7 Å². The van der Waals surface area contributed by atoms with Crippen molar-refractivity contribution in [3.63, 3.8) is 0 Å². The van der Waals surface area contributed by atoms with E-state index in [0.29, 0.717) is 0 Å². The van der Waals surface area contributed by atoms with Crippen molar-refractivity contribution in [2.75, 3.05) is 13.1 Å². The van der Waals surface area contributed by atoms with E-state index < -0.39 is 0 Å². The first-order valence-electron chi connectivity index (χ1n) is 5.60. The lowest BCUT2D eigenvalue weighted by Crippen LogP contribution is -2.29. The molecule has 2 rings (SSSR count). The molecule has 1 nitrogen and oxygen atoms in total. The molecular formula is C12H19NS. The molecule has 2 heteroatoms. The number of hydrogen-bond donors (Lipinski definition) is 1. The summed E-state index contributed by atoms with van der Waals surface area (Å²) >= 11 is 1.92. The predicted octanol–water partition coefficient (Wildman–Crippen LogP) is 2.99. The van der Waals surface area contributed by atoms with Crippen molar-refractivity contribution >= 4 is 11.3 Å². The number of nitrogens with one attached hydrogen (secondary N) is 1. The van der Waals surface area contributed by atoms with Crippen molar-refractivity contribution in [3.05, 3.63) is 21.9 Å². The second-order valence-corrected chi connectivity index (χ2v) is 5.28. The lowest BCUT2D eigenvalue weighted by Gasteiger charge is -2.22. The maximum absolute atomic E-state index is 3.48. The molecule has 1 fully saturated rings. The molecule has 2 heterocycles. The van der Waals surface area contributed by atoms with E-state index in [1.54, 1.807) is 4.88 Å². The molecule has 0 saturated carbocycles. The van der Waals surface area contributed by atoms with Gasteiger partial charge in [0, 0.05) is 4.88 Å². The summed E-state index contributed by atoms with van der Waals surface area (Å²) in [7, 11) is 0. The molecule has 78 valence electrons. The SMILES string of the molecule is Cc1ccsc1CCC1CCCNC1. The zero-order chi connectivity index (χ0) is 9.80. The molecule has 0 radical (unpaired) electrons. The Labute approximate surface area is 90.5 Å². The Morgan fingerprint density at radius 1 is 1.57 bits per heavy atom. The van der Waals surface area contributed by atoms with E-state index in [1.807, 2.05) is 11.3 Å². The molecule has 14 heavy (non-hydrogen) atoms. The summed E-state index contributed by atoms with van der Waals surface area (Å²) < 4.78 is 0. The molecule has 1 aromatic rings. The van der Waals surface area contributed by atoms with Crippen LogP contribution >= 0.6 is 11.3 Å². The number of hydrogen-bond acceptors (Lipinski definition) is 2. The molecule has 1 saturated heterocycles. The van der Waals surface area contributed by atoms with Gasteiger partial charge in [-0.1, -0.05) is 0 Å². The fourth-order valence-electron chi connectivity index (χ4n) is 2.17. The standard InChI is InChI=1S/C12H19NS/c1-10-6-8-14-12(10)5-4-11-3-2-7-13-9-11/h6,8,11,13H,2-5,7,9H2,1H3. The van der Waals surface area contributed by atoms with Gasteiger partial charge >= 0.3 is 0 Å². The van der Waals surface area contributed by atoms with Crippen LogP contribution in [0.2, 0.25) is 0 Å². The lowest BCUT2D eigenvalue weighted by molar-refractivity contribution is 0.358. The number of aryl methyl sites for hydroxylation is 2. The fraction of sp³-hybridized carbons (Fsp3) is 0.667. The molecule has 0 spiro atoms. The van der Waals surface area contributed by atoms with E-state index in [4.69, 9.17) is 0 Å². The molecule has 0 amide bonds. The van der Waals surface area contributed by atoms with Crippen LogP contribution in [0.1, 0.15) is 29.7 Å². The molecule has 1 aliphatic rings. The van der Waals surface area contributed by atoms with Gasteiger partial charge in [0.1, 0.15) is 0 Å². The first-order chi connectivity index (χ1) is 6.86. The van der Waals surface area contributed by atoms with E-state index in [0.717, 1.165) is 5.92 Å². The predicted molar refractivity (Wildman–Crippen MR) is 63.0 cm³/mol. The summed E-state index contributed by atoms with van der Waals surface area (Å²) in [5.74, 6) is 0.922. The maximum Gasteiger partial charge on any atom is 0.00745 e. The van der Waals surface area contributed by atoms with Gasteiger partial charge in [-0.05, 0) is 68.6 Å². The normalized spacial score (nSPS) is 22.5. The monoisotopic (exact) mass is 209 g/mol. The molecule has 1 unspecified atom stereocenters. The van der Waals surface area contributed by atoms with Gasteiger partial charge in [-0.3, -0.25) is 0 Å². The first kappa shape index (κ1) is 10.2. The van der Waals surface area contributed by atoms with Gasteiger partial charge in [-0.15, -0.1) is 11.3 Å². The van der Waals surface area contributed by atoms with Gasteiger partial charge in [0.2, 0.25) is 0 Å². The molecule has 0 bridgehead atoms. The van der Waals surface area contributed by atoms with Crippen molar-refractivity contribution in [3.8, 4) is 0 Å². The van der Waals surface area contributed by atoms with Gasteiger partial charge in [0.25, 0.3) is 0 Å². The minimum absolute atomic E-state index is 0.922. The van der Waals surface area contributed by atoms with Crippen molar-refractivity contribution in [1.29, 1.82) is 0 Å². The lowest BCUT2D eigenvalue weighted by atomic mass is 9.94. The Bertz CT molecular complexity index is 274. The van der Waals surface area contributed by atoms with E-state index >= 15 is 0 Å². The van der Waals surface area contributed by atoms with E-state index in [-0.39, 0.29) is 0 Å². The van der Waals surface area contributed by atoms with Crippen LogP contribution in [0.3, 0.4) is 0 Å². The topological polar surface area (TPSA) is 12.0 Å². The highest BCUT2D eigenvalue weighted by Gasteiger charge is 2.13. The van der Waals surface area contributed by atoms with Gasteiger partial charge in [0.15, 0.2) is 0 Å². The Morgan fingerprint density at radius 3 is 3.14 bits per heavy atom.